The molecule has 0 heterocycles. The number of carbonyl (C=O) groups is 1. The van der Waals surface area contributed by atoms with Crippen LogP contribution in [0, 0.1) is 0 Å². The van der Waals surface area contributed by atoms with Gasteiger partial charge in [0.2, 0.25) is 0 Å². The fraction of sp³-hybridized carbons (Fsp3) is 0.500. The highest BCUT2D eigenvalue weighted by molar-refractivity contribution is 5.97. The molecule has 0 aromatic heterocycles. The normalized spacial score (nSPS) is 10.6. The molecule has 0 fully saturated rings. The van der Waals surface area contributed by atoms with Crippen molar-refractivity contribution >= 4 is 5.91 Å². The van der Waals surface area contributed by atoms with E-state index in [0.29, 0.717) is 17.1 Å². The van der Waals surface area contributed by atoms with Crippen molar-refractivity contribution in [2.45, 2.75) is 39.8 Å². The Balaban J connectivity index is 3.12. The number of methoxy groups -OCH3 is 1. The van der Waals surface area contributed by atoms with Crippen molar-refractivity contribution in [1.29, 1.82) is 0 Å². The van der Waals surface area contributed by atoms with E-state index in [0.717, 1.165) is 0 Å². The van der Waals surface area contributed by atoms with Gasteiger partial charge < -0.3 is 14.8 Å². The van der Waals surface area contributed by atoms with Gasteiger partial charge in [0, 0.05) is 6.04 Å². The Hall–Kier alpha value is -1.71. The number of hydrogen-bond donors (Lipinski definition) is 1. The van der Waals surface area contributed by atoms with Gasteiger partial charge in [-0.05, 0) is 39.8 Å². The first kappa shape index (κ1) is 14.4. The van der Waals surface area contributed by atoms with Gasteiger partial charge in [0.05, 0.1) is 18.8 Å². The molecule has 0 bridgehead atoms. The summed E-state index contributed by atoms with van der Waals surface area (Å²) in [4.78, 5) is 12.1. The molecule has 1 N–H and O–H groups in total. The molecule has 0 aliphatic rings. The third kappa shape index (κ3) is 3.65. The van der Waals surface area contributed by atoms with Crippen LogP contribution in [0.15, 0.2) is 18.2 Å². The molecule has 4 heteroatoms. The molecule has 0 spiro atoms. The van der Waals surface area contributed by atoms with Gasteiger partial charge in [0.1, 0.15) is 0 Å². The highest BCUT2D eigenvalue weighted by Gasteiger charge is 2.18. The molecule has 4 nitrogen and oxygen atoms in total. The molecule has 0 radical (unpaired) electrons. The van der Waals surface area contributed by atoms with Gasteiger partial charge in [-0.15, -0.1) is 0 Å². The van der Waals surface area contributed by atoms with Crippen molar-refractivity contribution in [3.63, 3.8) is 0 Å². The minimum Gasteiger partial charge on any atom is -0.493 e. The summed E-state index contributed by atoms with van der Waals surface area (Å²) in [5.41, 5.74) is 0.497. The van der Waals surface area contributed by atoms with E-state index in [-0.39, 0.29) is 18.1 Å². The Labute approximate surface area is 108 Å². The van der Waals surface area contributed by atoms with Gasteiger partial charge in [-0.25, -0.2) is 0 Å². The van der Waals surface area contributed by atoms with E-state index in [1.165, 1.54) is 0 Å². The number of benzene rings is 1. The van der Waals surface area contributed by atoms with Crippen molar-refractivity contribution in [3.05, 3.63) is 23.8 Å². The average Bonchev–Trinajstić information content (AvgIpc) is 2.27. The summed E-state index contributed by atoms with van der Waals surface area (Å²) in [6.07, 6.45) is -0.0214. The highest BCUT2D eigenvalue weighted by Crippen LogP contribution is 2.31. The lowest BCUT2D eigenvalue weighted by molar-refractivity contribution is 0.0936. The largest absolute Gasteiger partial charge is 0.493 e. The molecule has 0 aliphatic carbocycles. The SMILES string of the molecule is COc1cccc(C(=O)NC(C)C)c1OC(C)C. The maximum atomic E-state index is 12.1. The van der Waals surface area contributed by atoms with Crippen molar-refractivity contribution in [1.82, 2.24) is 5.32 Å². The van der Waals surface area contributed by atoms with E-state index < -0.39 is 0 Å². The van der Waals surface area contributed by atoms with E-state index in [1.807, 2.05) is 27.7 Å². The smallest absolute Gasteiger partial charge is 0.255 e. The van der Waals surface area contributed by atoms with Crippen LogP contribution in [0.5, 0.6) is 11.5 Å². The van der Waals surface area contributed by atoms with Crippen molar-refractivity contribution in [3.8, 4) is 11.5 Å². The molecular formula is C14H21NO3. The van der Waals surface area contributed by atoms with Crippen LogP contribution in [0.2, 0.25) is 0 Å². The molecule has 0 atom stereocenters. The lowest BCUT2D eigenvalue weighted by Crippen LogP contribution is -2.30. The van der Waals surface area contributed by atoms with E-state index in [4.69, 9.17) is 9.47 Å². The zero-order chi connectivity index (χ0) is 13.7. The van der Waals surface area contributed by atoms with E-state index in [1.54, 1.807) is 25.3 Å². The van der Waals surface area contributed by atoms with Crippen LogP contribution in [0.25, 0.3) is 0 Å². The Morgan fingerprint density at radius 2 is 1.89 bits per heavy atom. The number of amides is 1. The second-order valence-corrected chi connectivity index (χ2v) is 4.63. The highest BCUT2D eigenvalue weighted by atomic mass is 16.5. The number of hydrogen-bond acceptors (Lipinski definition) is 3. The first-order valence-corrected chi connectivity index (χ1v) is 6.10. The third-order valence-electron chi connectivity index (χ3n) is 2.22. The predicted molar refractivity (Wildman–Crippen MR) is 71.4 cm³/mol. The summed E-state index contributed by atoms with van der Waals surface area (Å²) in [5, 5.41) is 2.85. The second-order valence-electron chi connectivity index (χ2n) is 4.63. The second kappa shape index (κ2) is 6.28. The summed E-state index contributed by atoms with van der Waals surface area (Å²) >= 11 is 0. The summed E-state index contributed by atoms with van der Waals surface area (Å²) in [6.45, 7) is 7.66. The third-order valence-corrected chi connectivity index (χ3v) is 2.22. The fourth-order valence-corrected chi connectivity index (χ4v) is 1.55. The van der Waals surface area contributed by atoms with Gasteiger partial charge in [0.15, 0.2) is 11.5 Å². The van der Waals surface area contributed by atoms with Crippen LogP contribution < -0.4 is 14.8 Å². The van der Waals surface area contributed by atoms with Crippen molar-refractivity contribution in [2.75, 3.05) is 7.11 Å². The quantitative estimate of drug-likeness (QED) is 0.875. The minimum absolute atomic E-state index is 0.0214. The molecule has 100 valence electrons. The summed E-state index contributed by atoms with van der Waals surface area (Å²) < 4.78 is 10.9. The van der Waals surface area contributed by atoms with Crippen LogP contribution in [0.4, 0.5) is 0 Å². The lowest BCUT2D eigenvalue weighted by atomic mass is 10.1. The van der Waals surface area contributed by atoms with Crippen LogP contribution in [0.3, 0.4) is 0 Å². The molecule has 1 amide bonds. The molecule has 0 aliphatic heterocycles. The molecular weight excluding hydrogens is 230 g/mol. The zero-order valence-corrected chi connectivity index (χ0v) is 11.6. The standard InChI is InChI=1S/C14H21NO3/c1-9(2)15-14(16)11-7-6-8-12(17-5)13(11)18-10(3)4/h6-10H,1-5H3,(H,15,16). The van der Waals surface area contributed by atoms with E-state index in [2.05, 4.69) is 5.32 Å². The summed E-state index contributed by atoms with van der Waals surface area (Å²) in [5.74, 6) is 0.910. The molecule has 1 rings (SSSR count). The lowest BCUT2D eigenvalue weighted by Gasteiger charge is -2.17. The van der Waals surface area contributed by atoms with Crippen LogP contribution >= 0.6 is 0 Å². The first-order chi connectivity index (χ1) is 8.45. The number of ether oxygens (including phenoxy) is 2. The fourth-order valence-electron chi connectivity index (χ4n) is 1.55. The Morgan fingerprint density at radius 3 is 2.39 bits per heavy atom. The van der Waals surface area contributed by atoms with Crippen molar-refractivity contribution < 1.29 is 14.3 Å². The molecule has 1 aromatic carbocycles. The van der Waals surface area contributed by atoms with Crippen LogP contribution in [-0.2, 0) is 0 Å². The molecule has 0 unspecified atom stereocenters. The maximum absolute atomic E-state index is 12.1. The van der Waals surface area contributed by atoms with Gasteiger partial charge in [0.25, 0.3) is 5.91 Å². The number of rotatable bonds is 5. The van der Waals surface area contributed by atoms with Crippen LogP contribution in [0.1, 0.15) is 38.1 Å². The Kier molecular flexibility index (Phi) is 5.01. The molecule has 0 saturated heterocycles. The number of carbonyl (C=O) groups excluding carboxylic acids is 1. The maximum Gasteiger partial charge on any atom is 0.255 e. The summed E-state index contributed by atoms with van der Waals surface area (Å²) in [7, 11) is 1.56. The summed E-state index contributed by atoms with van der Waals surface area (Å²) in [6, 6.07) is 5.37. The Morgan fingerprint density at radius 1 is 1.22 bits per heavy atom. The van der Waals surface area contributed by atoms with Gasteiger partial charge >= 0.3 is 0 Å². The van der Waals surface area contributed by atoms with Gasteiger partial charge in [-0.1, -0.05) is 6.07 Å². The van der Waals surface area contributed by atoms with Gasteiger partial charge in [-0.2, -0.15) is 0 Å². The monoisotopic (exact) mass is 251 g/mol. The molecule has 1 aromatic rings. The average molecular weight is 251 g/mol. The number of nitrogens with one attached hydrogen (secondary N) is 1. The van der Waals surface area contributed by atoms with Crippen LogP contribution in [-0.4, -0.2) is 25.2 Å². The van der Waals surface area contributed by atoms with Crippen molar-refractivity contribution in [2.24, 2.45) is 0 Å². The van der Waals surface area contributed by atoms with E-state index in [9.17, 15) is 4.79 Å². The topological polar surface area (TPSA) is 47.6 Å². The number of para-hydroxylation sites is 1. The zero-order valence-electron chi connectivity index (χ0n) is 11.6. The molecule has 0 saturated carbocycles. The first-order valence-electron chi connectivity index (χ1n) is 6.10. The predicted octanol–water partition coefficient (Wildman–Crippen LogP) is 2.62. The minimum atomic E-state index is -0.153. The van der Waals surface area contributed by atoms with Gasteiger partial charge in [-0.3, -0.25) is 4.79 Å². The Bertz CT molecular complexity index is 414. The molecule has 18 heavy (non-hydrogen) atoms. The van der Waals surface area contributed by atoms with E-state index >= 15 is 0 Å².